The van der Waals surface area contributed by atoms with Gasteiger partial charge in [0.1, 0.15) is 42.7 Å². The summed E-state index contributed by atoms with van der Waals surface area (Å²) < 4.78 is 34.2. The minimum absolute atomic E-state index is 0.110. The number of allylic oxidation sites excluding steroid dienone is 12. The molecule has 13 heteroatoms. The number of hydrogen-bond acceptors (Lipinski definition) is 11. The van der Waals surface area contributed by atoms with Crippen molar-refractivity contribution in [3.63, 3.8) is 0 Å². The van der Waals surface area contributed by atoms with Crippen LogP contribution in [0.4, 0.5) is 0 Å². The van der Waals surface area contributed by atoms with E-state index < -0.39 is 63.1 Å². The van der Waals surface area contributed by atoms with Crippen molar-refractivity contribution in [2.24, 2.45) is 0 Å². The second kappa shape index (κ2) is 42.8. The first-order valence-electron chi connectivity index (χ1n) is 25.8. The van der Waals surface area contributed by atoms with E-state index in [-0.39, 0.29) is 13.0 Å². The van der Waals surface area contributed by atoms with Crippen LogP contribution in [0.15, 0.2) is 72.9 Å². The molecule has 6 atom stereocenters. The average Bonchev–Trinajstić information content (AvgIpc) is 3.30. The molecular weight excluding hydrogens is 860 g/mol. The van der Waals surface area contributed by atoms with Gasteiger partial charge in [0.05, 0.1) is 13.2 Å². The third kappa shape index (κ3) is 34.1. The van der Waals surface area contributed by atoms with E-state index in [0.29, 0.717) is 13.0 Å². The number of esters is 1. The van der Waals surface area contributed by atoms with Crippen LogP contribution in [0.2, 0.25) is 0 Å². The normalized spacial score (nSPS) is 22.0. The molecule has 6 unspecified atom stereocenters. The van der Waals surface area contributed by atoms with Gasteiger partial charge in [0.25, 0.3) is 0 Å². The van der Waals surface area contributed by atoms with Crippen LogP contribution in [0.25, 0.3) is 0 Å². The van der Waals surface area contributed by atoms with Crippen molar-refractivity contribution >= 4 is 13.8 Å². The van der Waals surface area contributed by atoms with E-state index in [1.165, 1.54) is 96.3 Å². The Hall–Kier alpha value is -2.22. The first-order chi connectivity index (χ1) is 32.0. The largest absolute Gasteiger partial charge is 0.472 e. The Morgan fingerprint density at radius 1 is 0.500 bits per heavy atom. The lowest BCUT2D eigenvalue weighted by molar-refractivity contribution is -0.220. The number of rotatable bonds is 43. The molecular formula is C53H93O12P. The predicted octanol–water partition coefficient (Wildman–Crippen LogP) is 11.5. The van der Waals surface area contributed by atoms with E-state index in [0.717, 1.165) is 70.6 Å². The number of carbonyl (C=O) groups excluding carboxylic acids is 1. The molecule has 0 amide bonds. The lowest BCUT2D eigenvalue weighted by Crippen LogP contribution is -2.64. The topological polar surface area (TPSA) is 192 Å². The average molecular weight is 953 g/mol. The number of aliphatic hydroxyl groups excluding tert-OH is 5. The summed E-state index contributed by atoms with van der Waals surface area (Å²) in [7, 11) is -5.04. The molecule has 6 N–H and O–H groups in total. The quantitative estimate of drug-likeness (QED) is 0.0147. The van der Waals surface area contributed by atoms with Crippen LogP contribution in [0.3, 0.4) is 0 Å². The van der Waals surface area contributed by atoms with E-state index in [1.54, 1.807) is 0 Å². The maximum absolute atomic E-state index is 12.9. The van der Waals surface area contributed by atoms with Crippen LogP contribution < -0.4 is 0 Å². The number of hydrogen-bond donors (Lipinski definition) is 6. The molecule has 1 fully saturated rings. The van der Waals surface area contributed by atoms with Crippen LogP contribution in [0.1, 0.15) is 194 Å². The van der Waals surface area contributed by atoms with Gasteiger partial charge in [-0.3, -0.25) is 13.8 Å². The fourth-order valence-corrected chi connectivity index (χ4v) is 8.47. The summed E-state index contributed by atoms with van der Waals surface area (Å²) in [6.07, 6.45) is 44.0. The second-order valence-corrected chi connectivity index (χ2v) is 19.0. The zero-order chi connectivity index (χ0) is 48.4. The highest BCUT2D eigenvalue weighted by Crippen LogP contribution is 2.47. The standard InChI is InChI=1S/C53H93O12P/c1-3-5-7-9-11-13-15-17-19-21-23-24-25-26-28-30-32-34-36-38-40-42-47(54)64-46(45-63-66(60,61)65-53-51(58)49(56)48(55)50(57)52(53)59)44-62-43-41-39-37-35-33-31-29-27-22-20-18-16-14-12-10-8-6-4-2/h6,8,12,14,18,20-21,23,27,29,33,35,46,48-53,55-59H,3-5,7,9-11,13,15-17,19,22,24-26,28,30-32,34,36-45H2,1-2H3,(H,60,61)/b8-6-,14-12-,20-18-,23-21-,29-27-,35-33-. The lowest BCUT2D eigenvalue weighted by atomic mass is 9.85. The van der Waals surface area contributed by atoms with Crippen LogP contribution in [0.5, 0.6) is 0 Å². The van der Waals surface area contributed by atoms with Crippen molar-refractivity contribution in [3.8, 4) is 0 Å². The van der Waals surface area contributed by atoms with Gasteiger partial charge in [0.15, 0.2) is 0 Å². The number of carbonyl (C=O) groups is 1. The molecule has 0 bridgehead atoms. The van der Waals surface area contributed by atoms with E-state index in [9.17, 15) is 39.8 Å². The van der Waals surface area contributed by atoms with Crippen LogP contribution >= 0.6 is 7.82 Å². The molecule has 0 aromatic carbocycles. The summed E-state index contributed by atoms with van der Waals surface area (Å²) in [5, 5.41) is 50.3. The highest BCUT2D eigenvalue weighted by molar-refractivity contribution is 7.47. The van der Waals surface area contributed by atoms with Gasteiger partial charge in [-0.15, -0.1) is 0 Å². The maximum Gasteiger partial charge on any atom is 0.472 e. The van der Waals surface area contributed by atoms with E-state index >= 15 is 0 Å². The number of phosphoric acid groups is 1. The Bertz CT molecular complexity index is 1360. The summed E-state index contributed by atoms with van der Waals surface area (Å²) in [5.41, 5.74) is 0. The van der Waals surface area contributed by atoms with Crippen LogP contribution in [-0.4, -0.2) is 98.9 Å². The van der Waals surface area contributed by atoms with Gasteiger partial charge < -0.3 is 39.9 Å². The van der Waals surface area contributed by atoms with Crippen molar-refractivity contribution in [2.75, 3.05) is 19.8 Å². The van der Waals surface area contributed by atoms with Crippen LogP contribution in [0, 0.1) is 0 Å². The van der Waals surface area contributed by atoms with Crippen molar-refractivity contribution in [2.45, 2.75) is 236 Å². The number of phosphoric ester groups is 1. The predicted molar refractivity (Wildman–Crippen MR) is 267 cm³/mol. The summed E-state index contributed by atoms with van der Waals surface area (Å²) in [5.74, 6) is -0.496. The zero-order valence-corrected chi connectivity index (χ0v) is 41.9. The first-order valence-corrected chi connectivity index (χ1v) is 27.3. The summed E-state index contributed by atoms with van der Waals surface area (Å²) in [6, 6.07) is 0. The molecule has 12 nitrogen and oxygen atoms in total. The summed E-state index contributed by atoms with van der Waals surface area (Å²) >= 11 is 0. The van der Waals surface area contributed by atoms with E-state index in [1.807, 2.05) is 0 Å². The molecule has 0 heterocycles. The molecule has 1 saturated carbocycles. The van der Waals surface area contributed by atoms with Gasteiger partial charge in [0.2, 0.25) is 0 Å². The Morgan fingerprint density at radius 3 is 1.38 bits per heavy atom. The van der Waals surface area contributed by atoms with E-state index in [4.69, 9.17) is 18.5 Å². The minimum atomic E-state index is -5.04. The highest BCUT2D eigenvalue weighted by Gasteiger charge is 2.51. The molecule has 1 aliphatic rings. The number of unbranched alkanes of at least 4 members (excludes halogenated alkanes) is 19. The fourth-order valence-electron chi connectivity index (χ4n) is 7.49. The number of aliphatic hydroxyl groups is 5. The third-order valence-corrected chi connectivity index (χ3v) is 12.5. The second-order valence-electron chi connectivity index (χ2n) is 17.6. The Morgan fingerprint density at radius 2 is 0.894 bits per heavy atom. The van der Waals surface area contributed by atoms with Crippen molar-refractivity contribution in [3.05, 3.63) is 72.9 Å². The Labute approximate surface area is 400 Å². The molecule has 0 aliphatic heterocycles. The smallest absolute Gasteiger partial charge is 0.457 e. The zero-order valence-electron chi connectivity index (χ0n) is 41.0. The fraction of sp³-hybridized carbons (Fsp3) is 0.755. The monoisotopic (exact) mass is 953 g/mol. The lowest BCUT2D eigenvalue weighted by Gasteiger charge is -2.41. The SMILES string of the molecule is CC/C=C\C/C=C\C/C=C\C/C=C\C/C=C\CCCCOCC(COP(=O)(O)OC1C(O)C(O)C(O)C(O)C1O)OC(=O)CCCCCCCCCCC/C=C\CCCCCCCCCC. The molecule has 66 heavy (non-hydrogen) atoms. The summed E-state index contributed by atoms with van der Waals surface area (Å²) in [4.78, 5) is 23.2. The van der Waals surface area contributed by atoms with Gasteiger partial charge >= 0.3 is 13.8 Å². The third-order valence-electron chi connectivity index (χ3n) is 11.6. The van der Waals surface area contributed by atoms with Gasteiger partial charge in [-0.2, -0.15) is 0 Å². The molecule has 0 aromatic heterocycles. The summed E-state index contributed by atoms with van der Waals surface area (Å²) in [6.45, 7) is 4.05. The van der Waals surface area contributed by atoms with Gasteiger partial charge in [-0.1, -0.05) is 177 Å². The van der Waals surface area contributed by atoms with Gasteiger partial charge in [-0.25, -0.2) is 4.57 Å². The van der Waals surface area contributed by atoms with E-state index in [2.05, 4.69) is 86.8 Å². The van der Waals surface area contributed by atoms with Gasteiger partial charge in [-0.05, 0) is 83.5 Å². The highest BCUT2D eigenvalue weighted by atomic mass is 31.2. The van der Waals surface area contributed by atoms with Crippen molar-refractivity contribution < 1.29 is 58.3 Å². The molecule has 0 spiro atoms. The van der Waals surface area contributed by atoms with Crippen molar-refractivity contribution in [1.29, 1.82) is 0 Å². The number of ether oxygens (including phenoxy) is 2. The molecule has 1 rings (SSSR count). The maximum atomic E-state index is 12.9. The molecule has 0 radical (unpaired) electrons. The molecule has 0 saturated heterocycles. The minimum Gasteiger partial charge on any atom is -0.457 e. The Kier molecular flexibility index (Phi) is 40.1. The Balaban J connectivity index is 2.38. The molecule has 1 aliphatic carbocycles. The molecule has 0 aromatic rings. The van der Waals surface area contributed by atoms with Crippen molar-refractivity contribution in [1.82, 2.24) is 0 Å². The van der Waals surface area contributed by atoms with Crippen LogP contribution in [-0.2, 0) is 27.9 Å². The first kappa shape index (κ1) is 61.8. The molecule has 382 valence electrons. The van der Waals surface area contributed by atoms with Gasteiger partial charge in [0, 0.05) is 13.0 Å².